The molecule has 1 aliphatic heterocycles. The summed E-state index contributed by atoms with van der Waals surface area (Å²) in [4.78, 5) is 12.1. The van der Waals surface area contributed by atoms with E-state index in [4.69, 9.17) is 0 Å². The van der Waals surface area contributed by atoms with Gasteiger partial charge in [0.2, 0.25) is 5.91 Å². The number of anilines is 1. The van der Waals surface area contributed by atoms with E-state index in [9.17, 15) is 4.79 Å². The number of hydrogen-bond acceptors (Lipinski definition) is 4. The first-order valence-electron chi connectivity index (χ1n) is 6.26. The summed E-state index contributed by atoms with van der Waals surface area (Å²) < 4.78 is 2.78. The van der Waals surface area contributed by atoms with Crippen molar-refractivity contribution in [3.8, 4) is 0 Å². The molecule has 104 valence electrons. The van der Waals surface area contributed by atoms with E-state index in [-0.39, 0.29) is 18.0 Å². The molecule has 2 N–H and O–H groups in total. The van der Waals surface area contributed by atoms with Crippen LogP contribution in [0.15, 0.2) is 29.0 Å². The number of halogens is 1. The van der Waals surface area contributed by atoms with Crippen molar-refractivity contribution in [2.75, 3.05) is 5.32 Å². The lowest BCUT2D eigenvalue weighted by molar-refractivity contribution is -0.117. The van der Waals surface area contributed by atoms with Gasteiger partial charge in [-0.05, 0) is 19.1 Å². The average Bonchev–Trinajstić information content (AvgIpc) is 2.94. The summed E-state index contributed by atoms with van der Waals surface area (Å²) in [7, 11) is 1.88. The Kier molecular flexibility index (Phi) is 3.31. The number of nitrogens with one attached hydrogen (secondary N) is 2. The highest BCUT2D eigenvalue weighted by Gasteiger charge is 2.32. The van der Waals surface area contributed by atoms with Crippen LogP contribution in [0.2, 0.25) is 0 Å². The standard InChI is InChI=1S/C13H14BrN5O/c1-7(12-18-15-6-19(12)2)16-11-9-4-3-8(14)5-10(9)17-13(11)20/h3-7,11,16H,1-2H3,(H,17,20). The number of aromatic nitrogens is 3. The fourth-order valence-electron chi connectivity index (χ4n) is 2.41. The predicted octanol–water partition coefficient (Wildman–Crippen LogP) is 1.92. The van der Waals surface area contributed by atoms with Gasteiger partial charge < -0.3 is 9.88 Å². The minimum Gasteiger partial charge on any atom is -0.324 e. The zero-order valence-corrected chi connectivity index (χ0v) is 12.7. The first kappa shape index (κ1) is 13.3. The Morgan fingerprint density at radius 1 is 1.50 bits per heavy atom. The molecule has 0 bridgehead atoms. The van der Waals surface area contributed by atoms with E-state index in [1.54, 1.807) is 6.33 Å². The van der Waals surface area contributed by atoms with Gasteiger partial charge in [0.25, 0.3) is 0 Å². The number of carbonyl (C=O) groups is 1. The maximum Gasteiger partial charge on any atom is 0.246 e. The number of fused-ring (bicyclic) bond motifs is 1. The van der Waals surface area contributed by atoms with Gasteiger partial charge in [0, 0.05) is 22.8 Å². The third-order valence-electron chi connectivity index (χ3n) is 3.40. The second-order valence-electron chi connectivity index (χ2n) is 4.84. The molecule has 0 saturated carbocycles. The predicted molar refractivity (Wildman–Crippen MR) is 78.1 cm³/mol. The van der Waals surface area contributed by atoms with Gasteiger partial charge in [0.15, 0.2) is 0 Å². The molecule has 2 heterocycles. The maximum absolute atomic E-state index is 12.1. The number of amides is 1. The van der Waals surface area contributed by atoms with Crippen molar-refractivity contribution < 1.29 is 4.79 Å². The van der Waals surface area contributed by atoms with E-state index in [0.717, 1.165) is 21.5 Å². The first-order valence-corrected chi connectivity index (χ1v) is 7.06. The zero-order valence-electron chi connectivity index (χ0n) is 11.1. The highest BCUT2D eigenvalue weighted by atomic mass is 79.9. The molecule has 7 heteroatoms. The Hall–Kier alpha value is -1.73. The third kappa shape index (κ3) is 2.23. The van der Waals surface area contributed by atoms with Crippen LogP contribution >= 0.6 is 15.9 Å². The molecule has 20 heavy (non-hydrogen) atoms. The van der Waals surface area contributed by atoms with Gasteiger partial charge in [-0.2, -0.15) is 0 Å². The number of benzene rings is 1. The number of hydrogen-bond donors (Lipinski definition) is 2. The second-order valence-corrected chi connectivity index (χ2v) is 5.76. The fraction of sp³-hybridized carbons (Fsp3) is 0.308. The Bertz CT molecular complexity index is 669. The van der Waals surface area contributed by atoms with Crippen molar-refractivity contribution in [3.05, 3.63) is 40.4 Å². The van der Waals surface area contributed by atoms with E-state index in [1.807, 2.05) is 36.7 Å². The lowest BCUT2D eigenvalue weighted by Crippen LogP contribution is -2.31. The molecule has 1 aromatic heterocycles. The van der Waals surface area contributed by atoms with Gasteiger partial charge in [-0.1, -0.05) is 22.0 Å². The van der Waals surface area contributed by atoms with Gasteiger partial charge in [-0.15, -0.1) is 10.2 Å². The van der Waals surface area contributed by atoms with E-state index < -0.39 is 0 Å². The van der Waals surface area contributed by atoms with E-state index in [2.05, 4.69) is 36.8 Å². The van der Waals surface area contributed by atoms with Crippen LogP contribution in [0.5, 0.6) is 0 Å². The van der Waals surface area contributed by atoms with Crippen molar-refractivity contribution in [2.24, 2.45) is 7.05 Å². The molecule has 1 amide bonds. The van der Waals surface area contributed by atoms with E-state index in [0.29, 0.717) is 0 Å². The van der Waals surface area contributed by atoms with Gasteiger partial charge in [0.05, 0.1) is 6.04 Å². The summed E-state index contributed by atoms with van der Waals surface area (Å²) >= 11 is 3.40. The topological polar surface area (TPSA) is 71.8 Å². The lowest BCUT2D eigenvalue weighted by atomic mass is 10.1. The summed E-state index contributed by atoms with van der Waals surface area (Å²) in [6, 6.07) is 5.33. The monoisotopic (exact) mass is 335 g/mol. The molecule has 0 spiro atoms. The Morgan fingerprint density at radius 3 is 3.00 bits per heavy atom. The maximum atomic E-state index is 12.1. The molecule has 1 aromatic carbocycles. The first-order chi connectivity index (χ1) is 9.56. The summed E-state index contributed by atoms with van der Waals surface area (Å²) in [5.74, 6) is 0.746. The minimum absolute atomic E-state index is 0.0490. The summed E-state index contributed by atoms with van der Waals surface area (Å²) in [6.07, 6.45) is 1.65. The largest absolute Gasteiger partial charge is 0.324 e. The molecule has 1 aliphatic rings. The van der Waals surface area contributed by atoms with Crippen LogP contribution in [-0.2, 0) is 11.8 Å². The van der Waals surface area contributed by atoms with Crippen LogP contribution in [-0.4, -0.2) is 20.7 Å². The number of nitrogens with zero attached hydrogens (tertiary/aromatic N) is 3. The number of aryl methyl sites for hydroxylation is 1. The van der Waals surface area contributed by atoms with Crippen LogP contribution in [0.1, 0.15) is 30.4 Å². The van der Waals surface area contributed by atoms with Gasteiger partial charge in [-0.25, -0.2) is 0 Å². The molecule has 2 atom stereocenters. The van der Waals surface area contributed by atoms with E-state index >= 15 is 0 Å². The minimum atomic E-state index is -0.371. The Morgan fingerprint density at radius 2 is 2.30 bits per heavy atom. The van der Waals surface area contributed by atoms with Crippen molar-refractivity contribution in [2.45, 2.75) is 19.0 Å². The van der Waals surface area contributed by atoms with Gasteiger partial charge >= 0.3 is 0 Å². The molecule has 2 aromatic rings. The van der Waals surface area contributed by atoms with Crippen LogP contribution in [0.4, 0.5) is 5.69 Å². The van der Waals surface area contributed by atoms with Crippen LogP contribution in [0.3, 0.4) is 0 Å². The summed E-state index contributed by atoms with van der Waals surface area (Å²) in [6.45, 7) is 1.97. The van der Waals surface area contributed by atoms with Crippen LogP contribution < -0.4 is 10.6 Å². The van der Waals surface area contributed by atoms with Crippen LogP contribution in [0.25, 0.3) is 0 Å². The highest BCUT2D eigenvalue weighted by molar-refractivity contribution is 9.10. The molecule has 0 radical (unpaired) electrons. The van der Waals surface area contributed by atoms with Crippen molar-refractivity contribution in [3.63, 3.8) is 0 Å². The Labute approximate surface area is 124 Å². The molecule has 2 unspecified atom stereocenters. The average molecular weight is 336 g/mol. The summed E-state index contributed by atoms with van der Waals surface area (Å²) in [5.41, 5.74) is 1.79. The van der Waals surface area contributed by atoms with Crippen molar-refractivity contribution in [1.29, 1.82) is 0 Å². The number of carbonyl (C=O) groups excluding carboxylic acids is 1. The van der Waals surface area contributed by atoms with Gasteiger partial charge in [-0.3, -0.25) is 10.1 Å². The molecule has 3 rings (SSSR count). The van der Waals surface area contributed by atoms with E-state index in [1.165, 1.54) is 0 Å². The second kappa shape index (κ2) is 4.99. The molecular formula is C13H14BrN5O. The molecule has 0 aliphatic carbocycles. The SMILES string of the molecule is CC(NC1C(=O)Nc2cc(Br)ccc21)c1nncn1C. The van der Waals surface area contributed by atoms with Crippen LogP contribution in [0, 0.1) is 0 Å². The fourth-order valence-corrected chi connectivity index (χ4v) is 2.77. The lowest BCUT2D eigenvalue weighted by Gasteiger charge is -2.17. The van der Waals surface area contributed by atoms with Gasteiger partial charge in [0.1, 0.15) is 18.2 Å². The van der Waals surface area contributed by atoms with Crippen molar-refractivity contribution >= 4 is 27.5 Å². The molecule has 0 saturated heterocycles. The smallest absolute Gasteiger partial charge is 0.246 e. The third-order valence-corrected chi connectivity index (χ3v) is 3.89. The molecule has 0 fully saturated rings. The highest BCUT2D eigenvalue weighted by Crippen LogP contribution is 2.34. The summed E-state index contributed by atoms with van der Waals surface area (Å²) in [5, 5.41) is 14.1. The molecular weight excluding hydrogens is 322 g/mol. The zero-order chi connectivity index (χ0) is 14.3. The quantitative estimate of drug-likeness (QED) is 0.898. The number of rotatable bonds is 3. The normalized spacial score (nSPS) is 18.8. The molecule has 6 nitrogen and oxygen atoms in total. The van der Waals surface area contributed by atoms with Crippen molar-refractivity contribution in [1.82, 2.24) is 20.1 Å². The Balaban J connectivity index is 1.85.